The quantitative estimate of drug-likeness (QED) is 0.565. The lowest BCUT2D eigenvalue weighted by Crippen LogP contribution is -2.52. The molecule has 176 valence electrons. The zero-order valence-electron chi connectivity index (χ0n) is 18.4. The summed E-state index contributed by atoms with van der Waals surface area (Å²) in [5, 5.41) is 11.3. The summed E-state index contributed by atoms with van der Waals surface area (Å²) in [6.45, 7) is 3.55. The highest BCUT2D eigenvalue weighted by Gasteiger charge is 2.32. The summed E-state index contributed by atoms with van der Waals surface area (Å²) < 4.78 is 33.2. The molecule has 3 heterocycles. The van der Waals surface area contributed by atoms with Gasteiger partial charge in [-0.15, -0.1) is 11.3 Å². The zero-order chi connectivity index (χ0) is 23.3. The molecule has 1 atom stereocenters. The Bertz CT molecular complexity index is 1080. The summed E-state index contributed by atoms with van der Waals surface area (Å²) in [5.41, 5.74) is 0.134. The maximum atomic E-state index is 13.1. The van der Waals surface area contributed by atoms with E-state index >= 15 is 0 Å². The van der Waals surface area contributed by atoms with E-state index < -0.39 is 10.0 Å². The van der Waals surface area contributed by atoms with Crippen molar-refractivity contribution in [3.05, 3.63) is 52.2 Å². The summed E-state index contributed by atoms with van der Waals surface area (Å²) in [5.74, 6) is -0.000902. The third-order valence-corrected chi connectivity index (χ3v) is 8.84. The van der Waals surface area contributed by atoms with Crippen LogP contribution in [0.3, 0.4) is 0 Å². The number of thiophene rings is 1. The Labute approximate surface area is 199 Å². The first-order valence-corrected chi connectivity index (χ1v) is 13.4. The fourth-order valence-corrected chi connectivity index (χ4v) is 6.59. The molecule has 2 aliphatic heterocycles. The van der Waals surface area contributed by atoms with Gasteiger partial charge in [-0.05, 0) is 36.4 Å². The smallest absolute Gasteiger partial charge is 0.244 e. The van der Waals surface area contributed by atoms with E-state index in [4.69, 9.17) is 4.74 Å². The average Bonchev–Trinajstić information content (AvgIpc) is 3.53. The van der Waals surface area contributed by atoms with Gasteiger partial charge < -0.3 is 9.64 Å². The topological polar surface area (TPSA) is 93.9 Å². The summed E-state index contributed by atoms with van der Waals surface area (Å²) in [4.78, 5) is 18.2. The molecule has 1 aromatic carbocycles. The van der Waals surface area contributed by atoms with Crippen molar-refractivity contribution in [1.29, 1.82) is 5.26 Å². The predicted molar refractivity (Wildman–Crippen MR) is 125 cm³/mol. The highest BCUT2D eigenvalue weighted by Crippen LogP contribution is 2.22. The number of nitrogens with zero attached hydrogens (tertiary/aromatic N) is 4. The lowest BCUT2D eigenvalue weighted by Gasteiger charge is -2.35. The molecule has 4 rings (SSSR count). The minimum atomic E-state index is -3.78. The molecule has 2 fully saturated rings. The normalized spacial score (nSPS) is 19.6. The Morgan fingerprint density at radius 1 is 1.18 bits per heavy atom. The molecule has 8 nitrogen and oxygen atoms in total. The van der Waals surface area contributed by atoms with Crippen molar-refractivity contribution in [2.75, 3.05) is 45.9 Å². The first kappa shape index (κ1) is 23.9. The van der Waals surface area contributed by atoms with Crippen molar-refractivity contribution in [3.63, 3.8) is 0 Å². The molecule has 0 aliphatic carbocycles. The standard InChI is InChI=1S/C23H28N4O4S2/c24-15-19-5-1-2-8-22(19)33(29,30)27-11-9-26(10-12-27)23(28)18-25(16-20-6-3-13-31-20)17-21-7-4-14-32-21/h1-2,4-5,7-8,14,20H,3,6,9-13,16-18H2/t20-/m1/s1. The second-order valence-electron chi connectivity index (χ2n) is 8.28. The number of rotatable bonds is 8. The molecule has 0 unspecified atom stereocenters. The number of nitriles is 1. The van der Waals surface area contributed by atoms with Crippen molar-refractivity contribution < 1.29 is 17.9 Å². The molecule has 2 aliphatic rings. The number of sulfonamides is 1. The molecular weight excluding hydrogens is 460 g/mol. The minimum Gasteiger partial charge on any atom is -0.377 e. The fraction of sp³-hybridized carbons (Fsp3) is 0.478. The predicted octanol–water partition coefficient (Wildman–Crippen LogP) is 2.13. The summed E-state index contributed by atoms with van der Waals surface area (Å²) in [7, 11) is -3.78. The van der Waals surface area contributed by atoms with E-state index in [-0.39, 0.29) is 42.1 Å². The van der Waals surface area contributed by atoms with Gasteiger partial charge in [-0.2, -0.15) is 9.57 Å². The van der Waals surface area contributed by atoms with Gasteiger partial charge in [-0.3, -0.25) is 9.69 Å². The largest absolute Gasteiger partial charge is 0.377 e. The molecule has 0 spiro atoms. The van der Waals surface area contributed by atoms with Gasteiger partial charge in [0.05, 0.1) is 23.1 Å². The minimum absolute atomic E-state index is 0.000902. The van der Waals surface area contributed by atoms with Gasteiger partial charge >= 0.3 is 0 Å². The van der Waals surface area contributed by atoms with Gasteiger partial charge in [0.2, 0.25) is 15.9 Å². The molecule has 0 bridgehead atoms. The van der Waals surface area contributed by atoms with Crippen molar-refractivity contribution >= 4 is 27.3 Å². The van der Waals surface area contributed by atoms with E-state index in [1.165, 1.54) is 21.3 Å². The third kappa shape index (κ3) is 5.80. The summed E-state index contributed by atoms with van der Waals surface area (Å²) in [6, 6.07) is 12.3. The molecule has 33 heavy (non-hydrogen) atoms. The molecular formula is C23H28N4O4S2. The Morgan fingerprint density at radius 3 is 2.64 bits per heavy atom. The molecule has 0 radical (unpaired) electrons. The van der Waals surface area contributed by atoms with E-state index in [9.17, 15) is 18.5 Å². The van der Waals surface area contributed by atoms with E-state index in [2.05, 4.69) is 11.0 Å². The van der Waals surface area contributed by atoms with Gasteiger partial charge in [0, 0.05) is 50.8 Å². The van der Waals surface area contributed by atoms with Crippen LogP contribution in [0.2, 0.25) is 0 Å². The molecule has 2 aromatic rings. The lowest BCUT2D eigenvalue weighted by atomic mass is 10.2. The number of piperazine rings is 1. The van der Waals surface area contributed by atoms with Crippen LogP contribution in [0, 0.1) is 11.3 Å². The van der Waals surface area contributed by atoms with Crippen LogP contribution in [0.4, 0.5) is 0 Å². The maximum absolute atomic E-state index is 13.1. The van der Waals surface area contributed by atoms with Gasteiger partial charge in [-0.1, -0.05) is 18.2 Å². The van der Waals surface area contributed by atoms with Crippen molar-refractivity contribution in [3.8, 4) is 6.07 Å². The Morgan fingerprint density at radius 2 is 1.97 bits per heavy atom. The van der Waals surface area contributed by atoms with Crippen LogP contribution in [0.5, 0.6) is 0 Å². The van der Waals surface area contributed by atoms with Crippen LogP contribution in [-0.2, 0) is 26.1 Å². The van der Waals surface area contributed by atoms with Gasteiger partial charge in [0.1, 0.15) is 6.07 Å². The molecule has 0 saturated carbocycles. The number of carbonyl (C=O) groups excluding carboxylic acids is 1. The Hall–Kier alpha value is -2.29. The fourth-order valence-electron chi connectivity index (χ4n) is 4.28. The van der Waals surface area contributed by atoms with Gasteiger partial charge in [0.25, 0.3) is 0 Å². The molecule has 2 saturated heterocycles. The number of hydrogen-bond acceptors (Lipinski definition) is 7. The van der Waals surface area contributed by atoms with Crippen molar-refractivity contribution in [1.82, 2.24) is 14.1 Å². The van der Waals surface area contributed by atoms with Crippen LogP contribution < -0.4 is 0 Å². The third-order valence-electron chi connectivity index (χ3n) is 6.02. The SMILES string of the molecule is N#Cc1ccccc1S(=O)(=O)N1CCN(C(=O)CN(Cc2cccs2)C[C@H]2CCCO2)CC1. The molecule has 10 heteroatoms. The Balaban J connectivity index is 1.37. The zero-order valence-corrected chi connectivity index (χ0v) is 20.1. The van der Waals surface area contributed by atoms with Gasteiger partial charge in [0.15, 0.2) is 0 Å². The van der Waals surface area contributed by atoms with Crippen molar-refractivity contribution in [2.24, 2.45) is 0 Å². The molecule has 1 aromatic heterocycles. The van der Waals surface area contributed by atoms with E-state index in [1.807, 2.05) is 17.5 Å². The number of amides is 1. The van der Waals surface area contributed by atoms with Gasteiger partial charge in [-0.25, -0.2) is 8.42 Å². The maximum Gasteiger partial charge on any atom is 0.244 e. The first-order chi connectivity index (χ1) is 16.0. The second kappa shape index (κ2) is 10.8. The highest BCUT2D eigenvalue weighted by molar-refractivity contribution is 7.89. The van der Waals surface area contributed by atoms with Crippen LogP contribution >= 0.6 is 11.3 Å². The highest BCUT2D eigenvalue weighted by atomic mass is 32.2. The van der Waals surface area contributed by atoms with Crippen LogP contribution in [0.1, 0.15) is 23.3 Å². The average molecular weight is 489 g/mol. The van der Waals surface area contributed by atoms with Crippen LogP contribution in [0.15, 0.2) is 46.7 Å². The number of hydrogen-bond donors (Lipinski definition) is 0. The number of ether oxygens (including phenoxy) is 1. The monoisotopic (exact) mass is 488 g/mol. The molecule has 0 N–H and O–H groups in total. The number of carbonyl (C=O) groups is 1. The Kier molecular flexibility index (Phi) is 7.78. The van der Waals surface area contributed by atoms with E-state index in [0.29, 0.717) is 26.2 Å². The molecule has 1 amide bonds. The number of benzene rings is 1. The van der Waals surface area contributed by atoms with Crippen LogP contribution in [0.25, 0.3) is 0 Å². The van der Waals surface area contributed by atoms with Crippen molar-refractivity contribution in [2.45, 2.75) is 30.4 Å². The second-order valence-corrected chi connectivity index (χ2v) is 11.2. The lowest BCUT2D eigenvalue weighted by molar-refractivity contribution is -0.134. The first-order valence-electron chi connectivity index (χ1n) is 11.1. The van der Waals surface area contributed by atoms with E-state index in [1.54, 1.807) is 28.4 Å². The summed E-state index contributed by atoms with van der Waals surface area (Å²) >= 11 is 1.67. The van der Waals surface area contributed by atoms with E-state index in [0.717, 1.165) is 19.4 Å². The van der Waals surface area contributed by atoms with Crippen LogP contribution in [-0.4, -0.2) is 80.4 Å². The summed E-state index contributed by atoms with van der Waals surface area (Å²) in [6.07, 6.45) is 2.21.